The summed E-state index contributed by atoms with van der Waals surface area (Å²) in [6.07, 6.45) is 4.70. The summed E-state index contributed by atoms with van der Waals surface area (Å²) in [6.45, 7) is 6.02. The molecule has 0 saturated heterocycles. The first-order valence-electron chi connectivity index (χ1n) is 6.36. The Labute approximate surface area is 107 Å². The molecule has 1 aliphatic carbocycles. The van der Waals surface area contributed by atoms with Crippen LogP contribution in [0.4, 0.5) is 5.69 Å². The Morgan fingerprint density at radius 2 is 2.17 bits per heavy atom. The topological polar surface area (TPSA) is 80.9 Å². The zero-order valence-corrected chi connectivity index (χ0v) is 11.2. The van der Waals surface area contributed by atoms with Gasteiger partial charge in [0, 0.05) is 11.5 Å². The summed E-state index contributed by atoms with van der Waals surface area (Å²) in [5.41, 5.74) is 6.32. The molecule has 3 N–H and O–H groups in total. The van der Waals surface area contributed by atoms with Gasteiger partial charge in [-0.3, -0.25) is 4.79 Å². The second-order valence-electron chi connectivity index (χ2n) is 5.56. The van der Waals surface area contributed by atoms with Gasteiger partial charge in [0.15, 0.2) is 5.69 Å². The lowest BCUT2D eigenvalue weighted by molar-refractivity contribution is 0.0845. The Hall–Kier alpha value is -1.65. The largest absolute Gasteiger partial charge is 0.396 e. The molecule has 18 heavy (non-hydrogen) atoms. The minimum atomic E-state index is -0.195. The summed E-state index contributed by atoms with van der Waals surface area (Å²) < 4.78 is 0. The van der Waals surface area contributed by atoms with Gasteiger partial charge in [0.25, 0.3) is 5.91 Å². The van der Waals surface area contributed by atoms with Crippen LogP contribution in [0.1, 0.15) is 62.3 Å². The fourth-order valence-electron chi connectivity index (χ4n) is 2.03. The Kier molecular flexibility index (Phi) is 3.24. The molecule has 1 aliphatic rings. The Morgan fingerprint density at radius 3 is 2.67 bits per heavy atom. The SMILES string of the molecule is CC(C)c1ncc(N)c(C(=O)NC2(C)CCC2)n1. The van der Waals surface area contributed by atoms with Gasteiger partial charge in [-0.1, -0.05) is 13.8 Å². The van der Waals surface area contributed by atoms with Gasteiger partial charge in [0.2, 0.25) is 0 Å². The maximum Gasteiger partial charge on any atom is 0.272 e. The summed E-state index contributed by atoms with van der Waals surface area (Å²) >= 11 is 0. The quantitative estimate of drug-likeness (QED) is 0.855. The van der Waals surface area contributed by atoms with Gasteiger partial charge in [-0.15, -0.1) is 0 Å². The van der Waals surface area contributed by atoms with Crippen LogP contribution >= 0.6 is 0 Å². The van der Waals surface area contributed by atoms with E-state index in [2.05, 4.69) is 22.2 Å². The number of hydrogen-bond donors (Lipinski definition) is 2. The first-order valence-corrected chi connectivity index (χ1v) is 6.36. The van der Waals surface area contributed by atoms with Crippen LogP contribution in [0, 0.1) is 0 Å². The summed E-state index contributed by atoms with van der Waals surface area (Å²) in [7, 11) is 0. The molecule has 0 spiro atoms. The highest BCUT2D eigenvalue weighted by Crippen LogP contribution is 2.31. The zero-order valence-electron chi connectivity index (χ0n) is 11.2. The van der Waals surface area contributed by atoms with E-state index < -0.39 is 0 Å². The van der Waals surface area contributed by atoms with E-state index in [1.54, 1.807) is 0 Å². The third-order valence-corrected chi connectivity index (χ3v) is 3.44. The number of nitrogens with zero attached hydrogens (tertiary/aromatic N) is 2. The molecule has 0 radical (unpaired) electrons. The van der Waals surface area contributed by atoms with E-state index in [0.717, 1.165) is 19.3 Å². The average Bonchev–Trinajstić information content (AvgIpc) is 2.27. The Balaban J connectivity index is 2.21. The van der Waals surface area contributed by atoms with Crippen molar-refractivity contribution in [1.29, 1.82) is 0 Å². The molecule has 2 rings (SSSR count). The zero-order chi connectivity index (χ0) is 13.3. The molecule has 1 heterocycles. The van der Waals surface area contributed by atoms with E-state index in [1.165, 1.54) is 6.20 Å². The van der Waals surface area contributed by atoms with E-state index in [0.29, 0.717) is 17.2 Å². The second-order valence-corrected chi connectivity index (χ2v) is 5.56. The Bertz CT molecular complexity index is 466. The van der Waals surface area contributed by atoms with Crippen molar-refractivity contribution in [3.8, 4) is 0 Å². The molecule has 0 bridgehead atoms. The predicted molar refractivity (Wildman–Crippen MR) is 70.3 cm³/mol. The minimum absolute atomic E-state index is 0.0908. The van der Waals surface area contributed by atoms with Crippen LogP contribution in [0.5, 0.6) is 0 Å². The average molecular weight is 248 g/mol. The molecule has 1 fully saturated rings. The number of hydrogen-bond acceptors (Lipinski definition) is 4. The number of nitrogen functional groups attached to an aromatic ring is 1. The maximum atomic E-state index is 12.2. The molecule has 1 amide bonds. The van der Waals surface area contributed by atoms with Crippen LogP contribution in [-0.4, -0.2) is 21.4 Å². The van der Waals surface area contributed by atoms with E-state index in [9.17, 15) is 4.79 Å². The number of carbonyl (C=O) groups is 1. The summed E-state index contributed by atoms with van der Waals surface area (Å²) in [6, 6.07) is 0. The molecule has 0 unspecified atom stereocenters. The van der Waals surface area contributed by atoms with Crippen LogP contribution in [0.3, 0.4) is 0 Å². The van der Waals surface area contributed by atoms with Crippen molar-refractivity contribution in [2.75, 3.05) is 5.73 Å². The lowest BCUT2D eigenvalue weighted by atomic mass is 9.78. The number of anilines is 1. The summed E-state index contributed by atoms with van der Waals surface area (Å²) in [5.74, 6) is 0.628. The highest BCUT2D eigenvalue weighted by molar-refractivity contribution is 5.97. The fourth-order valence-corrected chi connectivity index (χ4v) is 2.03. The number of nitrogens with two attached hydrogens (primary N) is 1. The minimum Gasteiger partial charge on any atom is -0.396 e. The molecule has 98 valence electrons. The van der Waals surface area contributed by atoms with Crippen molar-refractivity contribution >= 4 is 11.6 Å². The number of rotatable bonds is 3. The highest BCUT2D eigenvalue weighted by Gasteiger charge is 2.34. The van der Waals surface area contributed by atoms with E-state index >= 15 is 0 Å². The van der Waals surface area contributed by atoms with Crippen molar-refractivity contribution in [3.63, 3.8) is 0 Å². The Morgan fingerprint density at radius 1 is 1.50 bits per heavy atom. The number of amides is 1. The second kappa shape index (κ2) is 4.55. The first kappa shape index (κ1) is 12.8. The van der Waals surface area contributed by atoms with E-state index in [1.807, 2.05) is 13.8 Å². The number of nitrogens with one attached hydrogen (secondary N) is 1. The molecule has 1 aromatic rings. The molecular weight excluding hydrogens is 228 g/mol. The third-order valence-electron chi connectivity index (χ3n) is 3.44. The maximum absolute atomic E-state index is 12.2. The van der Waals surface area contributed by atoms with Crippen molar-refractivity contribution < 1.29 is 4.79 Å². The number of aromatic nitrogens is 2. The summed E-state index contributed by atoms with van der Waals surface area (Å²) in [4.78, 5) is 20.6. The van der Waals surface area contributed by atoms with Crippen LogP contribution < -0.4 is 11.1 Å². The summed E-state index contributed by atoms with van der Waals surface area (Å²) in [5, 5.41) is 3.01. The number of carbonyl (C=O) groups excluding carboxylic acids is 1. The molecule has 0 aromatic carbocycles. The first-order chi connectivity index (χ1) is 8.41. The molecule has 5 heteroatoms. The smallest absolute Gasteiger partial charge is 0.272 e. The predicted octanol–water partition coefficient (Wildman–Crippen LogP) is 1.85. The van der Waals surface area contributed by atoms with Crippen molar-refractivity contribution in [1.82, 2.24) is 15.3 Å². The standard InChI is InChI=1S/C13H20N4O/c1-8(2)11-15-7-9(14)10(16-11)12(18)17-13(3)5-4-6-13/h7-8H,4-6,14H2,1-3H3,(H,17,18). The van der Waals surface area contributed by atoms with Gasteiger partial charge in [-0.05, 0) is 26.2 Å². The van der Waals surface area contributed by atoms with E-state index in [4.69, 9.17) is 5.73 Å². The monoisotopic (exact) mass is 248 g/mol. The lowest BCUT2D eigenvalue weighted by Gasteiger charge is -2.39. The van der Waals surface area contributed by atoms with Crippen molar-refractivity contribution in [2.45, 2.75) is 51.5 Å². The molecule has 1 aromatic heterocycles. The van der Waals surface area contributed by atoms with Crippen LogP contribution in [0.15, 0.2) is 6.20 Å². The molecule has 0 atom stereocenters. The molecule has 0 aliphatic heterocycles. The van der Waals surface area contributed by atoms with Gasteiger partial charge in [-0.25, -0.2) is 9.97 Å². The van der Waals surface area contributed by atoms with Gasteiger partial charge < -0.3 is 11.1 Å². The van der Waals surface area contributed by atoms with Gasteiger partial charge in [0.05, 0.1) is 11.9 Å². The van der Waals surface area contributed by atoms with Gasteiger partial charge in [0.1, 0.15) is 5.82 Å². The van der Waals surface area contributed by atoms with Crippen LogP contribution in [-0.2, 0) is 0 Å². The van der Waals surface area contributed by atoms with E-state index in [-0.39, 0.29) is 17.4 Å². The normalized spacial score (nSPS) is 17.3. The van der Waals surface area contributed by atoms with Crippen molar-refractivity contribution in [2.24, 2.45) is 0 Å². The third kappa shape index (κ3) is 2.44. The highest BCUT2D eigenvalue weighted by atomic mass is 16.2. The fraction of sp³-hybridized carbons (Fsp3) is 0.615. The van der Waals surface area contributed by atoms with Crippen LogP contribution in [0.2, 0.25) is 0 Å². The lowest BCUT2D eigenvalue weighted by Crippen LogP contribution is -2.51. The molecular formula is C13H20N4O. The van der Waals surface area contributed by atoms with Crippen LogP contribution in [0.25, 0.3) is 0 Å². The molecule has 1 saturated carbocycles. The van der Waals surface area contributed by atoms with Gasteiger partial charge in [-0.2, -0.15) is 0 Å². The van der Waals surface area contributed by atoms with Crippen molar-refractivity contribution in [3.05, 3.63) is 17.7 Å². The van der Waals surface area contributed by atoms with Gasteiger partial charge >= 0.3 is 0 Å². The molecule has 5 nitrogen and oxygen atoms in total.